The van der Waals surface area contributed by atoms with Gasteiger partial charge in [0.25, 0.3) is 5.91 Å². The van der Waals surface area contributed by atoms with E-state index in [0.29, 0.717) is 31.2 Å². The van der Waals surface area contributed by atoms with E-state index in [2.05, 4.69) is 10.6 Å². The van der Waals surface area contributed by atoms with Crippen LogP contribution in [0.5, 0.6) is 0 Å². The molecule has 1 fully saturated rings. The van der Waals surface area contributed by atoms with Gasteiger partial charge in [0, 0.05) is 18.7 Å². The van der Waals surface area contributed by atoms with Gasteiger partial charge in [-0.15, -0.1) is 0 Å². The summed E-state index contributed by atoms with van der Waals surface area (Å²) in [5.74, 6) is -0.698. The highest BCUT2D eigenvalue weighted by molar-refractivity contribution is 7.80. The van der Waals surface area contributed by atoms with Crippen molar-refractivity contribution in [2.45, 2.75) is 32.7 Å². The van der Waals surface area contributed by atoms with E-state index in [4.69, 9.17) is 17.0 Å². The number of piperazine rings is 1. The van der Waals surface area contributed by atoms with E-state index in [9.17, 15) is 14.4 Å². The normalized spacial score (nSPS) is 16.6. The third-order valence-electron chi connectivity index (χ3n) is 4.17. The number of ether oxygens (including phenoxy) is 1. The molecule has 0 saturated carbocycles. The Balaban J connectivity index is 1.97. The summed E-state index contributed by atoms with van der Waals surface area (Å²) in [5.41, 5.74) is 0.464. The van der Waals surface area contributed by atoms with E-state index < -0.39 is 12.0 Å². The molecule has 2 rings (SSSR count). The second-order valence-electron chi connectivity index (χ2n) is 6.73. The second kappa shape index (κ2) is 10.0. The number of rotatable bonds is 6. The number of esters is 1. The Morgan fingerprint density at radius 1 is 1.33 bits per heavy atom. The van der Waals surface area contributed by atoms with Crippen molar-refractivity contribution in [3.05, 3.63) is 35.9 Å². The molecular formula is C19H25N3O4S. The average molecular weight is 391 g/mol. The quantitative estimate of drug-likeness (QED) is 0.564. The van der Waals surface area contributed by atoms with Gasteiger partial charge < -0.3 is 15.0 Å². The molecule has 1 saturated heterocycles. The summed E-state index contributed by atoms with van der Waals surface area (Å²) in [6, 6.07) is 7.86. The molecule has 1 unspecified atom stereocenters. The number of hydrogen-bond donors (Lipinski definition) is 2. The zero-order chi connectivity index (χ0) is 19.8. The van der Waals surface area contributed by atoms with E-state index >= 15 is 0 Å². The van der Waals surface area contributed by atoms with Gasteiger partial charge in [0.2, 0.25) is 5.91 Å². The van der Waals surface area contributed by atoms with Crippen LogP contribution in [0.15, 0.2) is 30.3 Å². The number of nitrogens with one attached hydrogen (secondary N) is 2. The molecule has 0 spiro atoms. The van der Waals surface area contributed by atoms with Crippen LogP contribution >= 0.6 is 12.2 Å². The van der Waals surface area contributed by atoms with Crippen molar-refractivity contribution in [2.75, 3.05) is 19.7 Å². The SMILES string of the molecule is CC(C)CCOC(=O)CC1C(=O)NCCN1C(=S)NC(=O)c1ccccc1. The first-order valence-corrected chi connectivity index (χ1v) is 9.39. The third-order valence-corrected chi connectivity index (χ3v) is 4.50. The van der Waals surface area contributed by atoms with E-state index in [0.717, 1.165) is 6.42 Å². The number of carbonyl (C=O) groups excluding carboxylic acids is 3. The molecule has 2 amide bonds. The van der Waals surface area contributed by atoms with Crippen molar-refractivity contribution in [3.63, 3.8) is 0 Å². The lowest BCUT2D eigenvalue weighted by atomic mass is 10.1. The van der Waals surface area contributed by atoms with Crippen LogP contribution in [0.1, 0.15) is 37.0 Å². The van der Waals surface area contributed by atoms with E-state index in [-0.39, 0.29) is 23.3 Å². The lowest BCUT2D eigenvalue weighted by Gasteiger charge is -2.36. The van der Waals surface area contributed by atoms with Crippen molar-refractivity contribution in [1.29, 1.82) is 0 Å². The molecule has 7 nitrogen and oxygen atoms in total. The summed E-state index contributed by atoms with van der Waals surface area (Å²) in [6.45, 7) is 5.19. The van der Waals surface area contributed by atoms with Crippen molar-refractivity contribution in [2.24, 2.45) is 5.92 Å². The Morgan fingerprint density at radius 2 is 2.04 bits per heavy atom. The molecule has 1 heterocycles. The van der Waals surface area contributed by atoms with Crippen molar-refractivity contribution in [3.8, 4) is 0 Å². The Hall–Kier alpha value is -2.48. The van der Waals surface area contributed by atoms with Gasteiger partial charge in [0.1, 0.15) is 6.04 Å². The Morgan fingerprint density at radius 3 is 2.70 bits per heavy atom. The average Bonchev–Trinajstić information content (AvgIpc) is 2.63. The number of amides is 2. The summed E-state index contributed by atoms with van der Waals surface area (Å²) >= 11 is 5.32. The molecule has 27 heavy (non-hydrogen) atoms. The summed E-state index contributed by atoms with van der Waals surface area (Å²) < 4.78 is 5.21. The van der Waals surface area contributed by atoms with Crippen molar-refractivity contribution >= 4 is 35.1 Å². The van der Waals surface area contributed by atoms with E-state index in [1.165, 1.54) is 0 Å². The molecule has 1 aromatic carbocycles. The van der Waals surface area contributed by atoms with Crippen LogP contribution in [-0.2, 0) is 14.3 Å². The predicted molar refractivity (Wildman–Crippen MR) is 105 cm³/mol. The van der Waals surface area contributed by atoms with Crippen LogP contribution in [0.3, 0.4) is 0 Å². The molecule has 0 radical (unpaired) electrons. The fourth-order valence-corrected chi connectivity index (χ4v) is 2.93. The maximum Gasteiger partial charge on any atom is 0.308 e. The van der Waals surface area contributed by atoms with Crippen molar-refractivity contribution < 1.29 is 19.1 Å². The van der Waals surface area contributed by atoms with Crippen LogP contribution in [0.2, 0.25) is 0 Å². The summed E-state index contributed by atoms with van der Waals surface area (Å²) in [7, 11) is 0. The maximum atomic E-state index is 12.3. The summed E-state index contributed by atoms with van der Waals surface area (Å²) in [6.07, 6.45) is 0.642. The first-order valence-electron chi connectivity index (χ1n) is 8.98. The first-order chi connectivity index (χ1) is 12.9. The van der Waals surface area contributed by atoms with Gasteiger partial charge in [0.05, 0.1) is 13.0 Å². The van der Waals surface area contributed by atoms with Gasteiger partial charge in [-0.1, -0.05) is 32.0 Å². The lowest BCUT2D eigenvalue weighted by Crippen LogP contribution is -2.60. The highest BCUT2D eigenvalue weighted by Crippen LogP contribution is 2.12. The first kappa shape index (κ1) is 20.8. The van der Waals surface area contributed by atoms with Gasteiger partial charge >= 0.3 is 5.97 Å². The highest BCUT2D eigenvalue weighted by atomic mass is 32.1. The minimum atomic E-state index is -0.797. The molecule has 8 heteroatoms. The molecule has 0 aromatic heterocycles. The number of hydrogen-bond acceptors (Lipinski definition) is 5. The number of benzene rings is 1. The molecule has 1 aliphatic heterocycles. The van der Waals surface area contributed by atoms with E-state index in [1.54, 1.807) is 29.2 Å². The van der Waals surface area contributed by atoms with Gasteiger partial charge in [-0.2, -0.15) is 0 Å². The predicted octanol–water partition coefficient (Wildman–Crippen LogP) is 1.48. The smallest absolute Gasteiger partial charge is 0.308 e. The Labute approximate surface area is 164 Å². The molecule has 0 bridgehead atoms. The molecule has 0 aliphatic carbocycles. The summed E-state index contributed by atoms with van der Waals surface area (Å²) in [5, 5.41) is 5.48. The van der Waals surface area contributed by atoms with Crippen LogP contribution in [0.4, 0.5) is 0 Å². The molecular weight excluding hydrogens is 366 g/mol. The largest absolute Gasteiger partial charge is 0.466 e. The maximum absolute atomic E-state index is 12.3. The monoisotopic (exact) mass is 391 g/mol. The number of nitrogens with zero attached hydrogens (tertiary/aromatic N) is 1. The van der Waals surface area contributed by atoms with Gasteiger partial charge in [0.15, 0.2) is 5.11 Å². The van der Waals surface area contributed by atoms with Gasteiger partial charge in [-0.25, -0.2) is 0 Å². The summed E-state index contributed by atoms with van der Waals surface area (Å²) in [4.78, 5) is 38.2. The molecule has 1 atom stereocenters. The third kappa shape index (κ3) is 6.32. The standard InChI is InChI=1S/C19H25N3O4S/c1-13(2)8-11-26-16(23)12-15-18(25)20-9-10-22(15)19(27)21-17(24)14-6-4-3-5-7-14/h3-7,13,15H,8-12H2,1-2H3,(H,20,25)(H,21,24,27). The zero-order valence-corrected chi connectivity index (χ0v) is 16.4. The Kier molecular flexibility index (Phi) is 7.72. The molecule has 1 aromatic rings. The topological polar surface area (TPSA) is 87.7 Å². The van der Waals surface area contributed by atoms with Crippen LogP contribution < -0.4 is 10.6 Å². The molecule has 146 valence electrons. The van der Waals surface area contributed by atoms with Gasteiger partial charge in [-0.3, -0.25) is 19.7 Å². The fourth-order valence-electron chi connectivity index (χ4n) is 2.62. The fraction of sp³-hybridized carbons (Fsp3) is 0.474. The highest BCUT2D eigenvalue weighted by Gasteiger charge is 2.34. The number of thiocarbonyl (C=S) groups is 1. The van der Waals surface area contributed by atoms with E-state index in [1.807, 2.05) is 19.9 Å². The van der Waals surface area contributed by atoms with Crippen molar-refractivity contribution in [1.82, 2.24) is 15.5 Å². The Bertz CT molecular complexity index is 693. The zero-order valence-electron chi connectivity index (χ0n) is 15.6. The number of carbonyl (C=O) groups is 3. The minimum absolute atomic E-state index is 0.120. The lowest BCUT2D eigenvalue weighted by molar-refractivity contribution is -0.147. The van der Waals surface area contributed by atoms with Crippen LogP contribution in [0, 0.1) is 5.92 Å². The van der Waals surface area contributed by atoms with Crippen LogP contribution in [0.25, 0.3) is 0 Å². The van der Waals surface area contributed by atoms with Crippen LogP contribution in [-0.4, -0.2) is 53.5 Å². The molecule has 1 aliphatic rings. The second-order valence-corrected chi connectivity index (χ2v) is 7.12. The van der Waals surface area contributed by atoms with Gasteiger partial charge in [-0.05, 0) is 36.7 Å². The minimum Gasteiger partial charge on any atom is -0.466 e. The molecule has 2 N–H and O–H groups in total.